The Morgan fingerprint density at radius 3 is 2.75 bits per heavy atom. The molecule has 7 heteroatoms. The molecular formula is C9H14N2O3S2. The second-order valence-electron chi connectivity index (χ2n) is 3.37. The first kappa shape index (κ1) is 13.1. The number of hydrogen-bond acceptors (Lipinski definition) is 5. The Labute approximate surface area is 99.0 Å². The molecule has 0 saturated carbocycles. The van der Waals surface area contributed by atoms with Crippen LogP contribution in [0.2, 0.25) is 0 Å². The van der Waals surface area contributed by atoms with Gasteiger partial charge in [0.15, 0.2) is 10.9 Å². The second kappa shape index (κ2) is 5.40. The van der Waals surface area contributed by atoms with Crippen molar-refractivity contribution in [1.82, 2.24) is 4.98 Å². The van der Waals surface area contributed by atoms with Crippen LogP contribution in [0.25, 0.3) is 0 Å². The predicted molar refractivity (Wildman–Crippen MR) is 64.4 cm³/mol. The number of aromatic nitrogens is 1. The average molecular weight is 262 g/mol. The normalized spacial score (nSPS) is 11.4. The molecule has 0 unspecified atom stereocenters. The van der Waals surface area contributed by atoms with E-state index >= 15 is 0 Å². The summed E-state index contributed by atoms with van der Waals surface area (Å²) in [5.41, 5.74) is 0.290. The van der Waals surface area contributed by atoms with Crippen LogP contribution in [-0.4, -0.2) is 24.9 Å². The number of hydrogen-bond donors (Lipinski definition) is 1. The predicted octanol–water partition coefficient (Wildman–Crippen LogP) is 1.89. The first-order chi connectivity index (χ1) is 7.44. The van der Waals surface area contributed by atoms with Gasteiger partial charge in [0.25, 0.3) is 0 Å². The topological polar surface area (TPSA) is 76.1 Å². The molecule has 1 aromatic rings. The Balaban J connectivity index is 2.69. The third-order valence-electron chi connectivity index (χ3n) is 1.87. The minimum atomic E-state index is -3.32. The minimum Gasteiger partial charge on any atom is -0.293 e. The largest absolute Gasteiger partial charge is 0.293 e. The third kappa shape index (κ3) is 3.90. The van der Waals surface area contributed by atoms with Gasteiger partial charge in [-0.15, -0.1) is 11.3 Å². The van der Waals surface area contributed by atoms with Crippen LogP contribution in [0.15, 0.2) is 5.38 Å². The van der Waals surface area contributed by atoms with Gasteiger partial charge in [0, 0.05) is 12.3 Å². The summed E-state index contributed by atoms with van der Waals surface area (Å²) in [4.78, 5) is 14.8. The smallest absolute Gasteiger partial charge is 0.234 e. The summed E-state index contributed by atoms with van der Waals surface area (Å²) in [7, 11) is -3.32. The van der Waals surface area contributed by atoms with Gasteiger partial charge in [-0.1, -0.05) is 13.3 Å². The molecule has 0 bridgehead atoms. The Kier molecular flexibility index (Phi) is 4.43. The zero-order valence-electron chi connectivity index (χ0n) is 9.19. The van der Waals surface area contributed by atoms with Crippen molar-refractivity contribution in [3.05, 3.63) is 11.1 Å². The Hall–Kier alpha value is -0.950. The lowest BCUT2D eigenvalue weighted by Gasteiger charge is -2.03. The van der Waals surface area contributed by atoms with Gasteiger partial charge in [0.05, 0.1) is 5.75 Å². The lowest BCUT2D eigenvalue weighted by molar-refractivity contribution is 0.101. The lowest BCUT2D eigenvalue weighted by Crippen LogP contribution is -2.16. The number of unbranched alkanes of at least 4 members (excludes halogenated alkanes) is 1. The monoisotopic (exact) mass is 262 g/mol. The van der Waals surface area contributed by atoms with Gasteiger partial charge in [-0.2, -0.15) is 0 Å². The fraction of sp³-hybridized carbons (Fsp3) is 0.556. The van der Waals surface area contributed by atoms with Gasteiger partial charge in [0.2, 0.25) is 10.0 Å². The maximum Gasteiger partial charge on any atom is 0.234 e. The van der Waals surface area contributed by atoms with Crippen molar-refractivity contribution >= 4 is 32.3 Å². The van der Waals surface area contributed by atoms with E-state index in [-0.39, 0.29) is 22.4 Å². The number of anilines is 1. The van der Waals surface area contributed by atoms with Crippen LogP contribution in [0.5, 0.6) is 0 Å². The van der Waals surface area contributed by atoms with Gasteiger partial charge in [-0.3, -0.25) is 9.52 Å². The van der Waals surface area contributed by atoms with E-state index in [0.717, 1.165) is 17.8 Å². The van der Waals surface area contributed by atoms with E-state index in [1.165, 1.54) is 6.92 Å². The molecule has 0 fully saturated rings. The van der Waals surface area contributed by atoms with Crippen LogP contribution < -0.4 is 4.72 Å². The van der Waals surface area contributed by atoms with E-state index in [0.29, 0.717) is 6.42 Å². The zero-order valence-corrected chi connectivity index (χ0v) is 10.8. The Morgan fingerprint density at radius 1 is 1.56 bits per heavy atom. The molecule has 0 saturated heterocycles. The van der Waals surface area contributed by atoms with Crippen LogP contribution >= 0.6 is 11.3 Å². The van der Waals surface area contributed by atoms with E-state index in [9.17, 15) is 13.2 Å². The van der Waals surface area contributed by atoms with E-state index in [1.807, 2.05) is 6.92 Å². The highest BCUT2D eigenvalue weighted by molar-refractivity contribution is 7.92. The number of Topliss-reactive ketones (excluding diaryl/α,β-unsaturated/α-hetero) is 1. The number of nitrogens with one attached hydrogen (secondary N) is 1. The van der Waals surface area contributed by atoms with Crippen molar-refractivity contribution in [2.45, 2.75) is 26.7 Å². The molecule has 1 heterocycles. The van der Waals surface area contributed by atoms with Crippen molar-refractivity contribution in [2.24, 2.45) is 0 Å². The van der Waals surface area contributed by atoms with Crippen LogP contribution in [0.4, 0.5) is 5.13 Å². The molecule has 5 nitrogen and oxygen atoms in total. The fourth-order valence-electron chi connectivity index (χ4n) is 1.00. The van der Waals surface area contributed by atoms with Crippen molar-refractivity contribution in [3.63, 3.8) is 0 Å². The Morgan fingerprint density at radius 2 is 2.25 bits per heavy atom. The summed E-state index contributed by atoms with van der Waals surface area (Å²) in [6, 6.07) is 0. The first-order valence-electron chi connectivity index (χ1n) is 4.91. The maximum atomic E-state index is 11.5. The maximum absolute atomic E-state index is 11.5. The van der Waals surface area contributed by atoms with Gasteiger partial charge >= 0.3 is 0 Å². The quantitative estimate of drug-likeness (QED) is 0.794. The molecule has 0 amide bonds. The molecule has 0 atom stereocenters. The molecule has 0 aromatic carbocycles. The number of nitrogens with zero attached hydrogens (tertiary/aromatic N) is 1. The van der Waals surface area contributed by atoms with Crippen LogP contribution in [0.1, 0.15) is 37.2 Å². The summed E-state index contributed by atoms with van der Waals surface area (Å²) in [6.45, 7) is 3.32. The van der Waals surface area contributed by atoms with E-state index < -0.39 is 10.0 Å². The highest BCUT2D eigenvalue weighted by Gasteiger charge is 2.13. The number of ketones is 1. The van der Waals surface area contributed by atoms with Crippen LogP contribution in [-0.2, 0) is 10.0 Å². The number of carbonyl (C=O) groups is 1. The number of carbonyl (C=O) groups excluding carboxylic acids is 1. The summed E-state index contributed by atoms with van der Waals surface area (Å²) >= 11 is 1.12. The first-order valence-corrected chi connectivity index (χ1v) is 7.44. The average Bonchev–Trinajstić information content (AvgIpc) is 2.62. The highest BCUT2D eigenvalue weighted by atomic mass is 32.2. The summed E-state index contributed by atoms with van der Waals surface area (Å²) in [5.74, 6) is -0.0892. The molecule has 0 aliphatic carbocycles. The van der Waals surface area contributed by atoms with Crippen molar-refractivity contribution in [3.8, 4) is 0 Å². The SMILES string of the molecule is CCCCS(=O)(=O)Nc1nc(C(C)=O)cs1. The van der Waals surface area contributed by atoms with Crippen molar-refractivity contribution in [1.29, 1.82) is 0 Å². The van der Waals surface area contributed by atoms with E-state index in [2.05, 4.69) is 9.71 Å². The molecule has 16 heavy (non-hydrogen) atoms. The summed E-state index contributed by atoms with van der Waals surface area (Å²) in [6.07, 6.45) is 1.43. The van der Waals surface area contributed by atoms with Gasteiger partial charge in [0.1, 0.15) is 5.69 Å². The molecule has 90 valence electrons. The molecule has 1 aromatic heterocycles. The molecule has 0 aliphatic rings. The molecule has 1 N–H and O–H groups in total. The van der Waals surface area contributed by atoms with E-state index in [1.54, 1.807) is 5.38 Å². The standard InChI is InChI=1S/C9H14N2O3S2/c1-3-4-5-16(13,14)11-9-10-8(6-15-9)7(2)12/h6H,3-5H2,1-2H3,(H,10,11). The van der Waals surface area contributed by atoms with Crippen LogP contribution in [0, 0.1) is 0 Å². The molecule has 0 aliphatic heterocycles. The summed E-state index contributed by atoms with van der Waals surface area (Å²) in [5, 5.41) is 1.79. The lowest BCUT2D eigenvalue weighted by atomic mass is 10.4. The number of sulfonamides is 1. The summed E-state index contributed by atoms with van der Waals surface area (Å²) < 4.78 is 25.4. The van der Waals surface area contributed by atoms with E-state index in [4.69, 9.17) is 0 Å². The van der Waals surface area contributed by atoms with Crippen LogP contribution in [0.3, 0.4) is 0 Å². The zero-order chi connectivity index (χ0) is 12.2. The van der Waals surface area contributed by atoms with Gasteiger partial charge < -0.3 is 0 Å². The second-order valence-corrected chi connectivity index (χ2v) is 6.07. The number of rotatable bonds is 6. The van der Waals surface area contributed by atoms with Gasteiger partial charge in [-0.05, 0) is 6.42 Å². The fourth-order valence-corrected chi connectivity index (χ4v) is 3.25. The number of thiazole rings is 1. The minimum absolute atomic E-state index is 0.0818. The molecule has 1 rings (SSSR count). The molecule has 0 spiro atoms. The highest BCUT2D eigenvalue weighted by Crippen LogP contribution is 2.17. The molecule has 0 radical (unpaired) electrons. The third-order valence-corrected chi connectivity index (χ3v) is 4.09. The van der Waals surface area contributed by atoms with Crippen molar-refractivity contribution in [2.75, 3.05) is 10.5 Å². The van der Waals surface area contributed by atoms with Crippen molar-refractivity contribution < 1.29 is 13.2 Å². The molecular weight excluding hydrogens is 248 g/mol. The Bertz CT molecular complexity index is 465. The van der Waals surface area contributed by atoms with Gasteiger partial charge in [-0.25, -0.2) is 13.4 Å².